The van der Waals surface area contributed by atoms with Crippen LogP contribution in [-0.2, 0) is 16.1 Å². The fraction of sp³-hybridized carbons (Fsp3) is 0.529. The largest absolute Gasteiger partial charge is 0.394 e. The van der Waals surface area contributed by atoms with Gasteiger partial charge < -0.3 is 14.9 Å². The van der Waals surface area contributed by atoms with E-state index >= 15 is 0 Å². The molecule has 0 spiro atoms. The van der Waals surface area contributed by atoms with Crippen LogP contribution in [-0.4, -0.2) is 52.5 Å². The molecule has 2 amide bonds. The monoisotopic (exact) mass is 338 g/mol. The van der Waals surface area contributed by atoms with E-state index in [2.05, 4.69) is 0 Å². The zero-order valence-corrected chi connectivity index (χ0v) is 14.3. The first-order valence-corrected chi connectivity index (χ1v) is 8.13. The van der Waals surface area contributed by atoms with Crippen LogP contribution in [0.25, 0.3) is 0 Å². The normalized spacial score (nSPS) is 20.6. The Morgan fingerprint density at radius 3 is 2.57 bits per heavy atom. The Morgan fingerprint density at radius 1 is 1.35 bits per heavy atom. The van der Waals surface area contributed by atoms with Crippen LogP contribution in [0.4, 0.5) is 0 Å². The number of aliphatic hydroxyl groups excluding tert-OH is 1. The Morgan fingerprint density at radius 2 is 2.00 bits per heavy atom. The van der Waals surface area contributed by atoms with Crippen LogP contribution >= 0.6 is 11.6 Å². The average molecular weight is 339 g/mol. The molecule has 0 aromatic heterocycles. The highest BCUT2D eigenvalue weighted by atomic mass is 35.5. The van der Waals surface area contributed by atoms with Crippen molar-refractivity contribution in [2.45, 2.75) is 38.3 Å². The summed E-state index contributed by atoms with van der Waals surface area (Å²) >= 11 is 5.86. The van der Waals surface area contributed by atoms with Crippen molar-refractivity contribution >= 4 is 23.4 Å². The summed E-state index contributed by atoms with van der Waals surface area (Å²) in [6.45, 7) is 2.37. The topological polar surface area (TPSA) is 60.9 Å². The number of hydrogen-bond donors (Lipinski definition) is 1. The summed E-state index contributed by atoms with van der Waals surface area (Å²) < 4.78 is 0. The molecule has 0 radical (unpaired) electrons. The first kappa shape index (κ1) is 17.8. The molecule has 1 aromatic rings. The minimum Gasteiger partial charge on any atom is -0.394 e. The molecule has 1 heterocycles. The molecule has 1 fully saturated rings. The zero-order valence-electron chi connectivity index (χ0n) is 13.6. The van der Waals surface area contributed by atoms with Crippen LogP contribution in [0.1, 0.15) is 31.7 Å². The fourth-order valence-electron chi connectivity index (χ4n) is 3.20. The van der Waals surface area contributed by atoms with Crippen molar-refractivity contribution in [2.75, 3.05) is 20.2 Å². The van der Waals surface area contributed by atoms with Gasteiger partial charge in [-0.25, -0.2) is 0 Å². The van der Waals surface area contributed by atoms with Crippen molar-refractivity contribution in [3.63, 3.8) is 0 Å². The summed E-state index contributed by atoms with van der Waals surface area (Å²) in [6.07, 6.45) is 1.62. The lowest BCUT2D eigenvalue weighted by atomic mass is 9.92. The lowest BCUT2D eigenvalue weighted by Gasteiger charge is -2.37. The summed E-state index contributed by atoms with van der Waals surface area (Å²) in [5.41, 5.74) is 0.232. The van der Waals surface area contributed by atoms with Crippen LogP contribution in [0, 0.1) is 0 Å². The Balaban J connectivity index is 2.04. The molecule has 1 aliphatic rings. The van der Waals surface area contributed by atoms with Crippen molar-refractivity contribution in [1.29, 1.82) is 0 Å². The van der Waals surface area contributed by atoms with Gasteiger partial charge in [-0.2, -0.15) is 0 Å². The van der Waals surface area contributed by atoms with Gasteiger partial charge in [0.1, 0.15) is 0 Å². The number of nitrogens with zero attached hydrogens (tertiary/aromatic N) is 2. The second-order valence-corrected chi connectivity index (χ2v) is 6.65. The molecule has 0 aliphatic carbocycles. The molecule has 1 aliphatic heterocycles. The van der Waals surface area contributed by atoms with Gasteiger partial charge in [-0.1, -0.05) is 23.7 Å². The van der Waals surface area contributed by atoms with Crippen molar-refractivity contribution in [1.82, 2.24) is 9.80 Å². The van der Waals surface area contributed by atoms with Gasteiger partial charge in [0.05, 0.1) is 18.6 Å². The second-order valence-electron chi connectivity index (χ2n) is 6.21. The van der Waals surface area contributed by atoms with E-state index in [4.69, 9.17) is 11.6 Å². The van der Waals surface area contributed by atoms with Crippen molar-refractivity contribution < 1.29 is 14.7 Å². The van der Waals surface area contributed by atoms with Crippen molar-refractivity contribution in [3.8, 4) is 0 Å². The third-order valence-electron chi connectivity index (χ3n) is 4.51. The van der Waals surface area contributed by atoms with Crippen molar-refractivity contribution in [3.05, 3.63) is 34.9 Å². The maximum Gasteiger partial charge on any atom is 0.225 e. The van der Waals surface area contributed by atoms with Crippen LogP contribution in [0.5, 0.6) is 0 Å². The predicted molar refractivity (Wildman–Crippen MR) is 89.0 cm³/mol. The molecule has 2 rings (SSSR count). The minimum atomic E-state index is -0.753. The third kappa shape index (κ3) is 4.03. The van der Waals surface area contributed by atoms with E-state index in [0.29, 0.717) is 24.5 Å². The Labute approximate surface area is 141 Å². The maximum absolute atomic E-state index is 12.6. The van der Waals surface area contributed by atoms with Gasteiger partial charge in [-0.3, -0.25) is 9.59 Å². The molecular formula is C17H23ClN2O3. The van der Waals surface area contributed by atoms with Gasteiger partial charge in [0, 0.05) is 32.1 Å². The number of carbonyl (C=O) groups is 2. The standard InChI is InChI=1S/C17H23ClN2O3/c1-13(22)20-9-3-8-17(20,12-21)10-16(23)19(2)11-14-4-6-15(18)7-5-14/h4-7,21H,3,8-12H2,1-2H3. The van der Waals surface area contributed by atoms with Gasteiger partial charge in [0.2, 0.25) is 11.8 Å². The van der Waals surface area contributed by atoms with Crippen LogP contribution in [0.15, 0.2) is 24.3 Å². The molecule has 1 atom stereocenters. The van der Waals surface area contributed by atoms with E-state index in [1.165, 1.54) is 6.92 Å². The first-order chi connectivity index (χ1) is 10.9. The van der Waals surface area contributed by atoms with Crippen LogP contribution in [0.3, 0.4) is 0 Å². The molecule has 1 unspecified atom stereocenters. The van der Waals surface area contributed by atoms with E-state index in [0.717, 1.165) is 12.0 Å². The lowest BCUT2D eigenvalue weighted by Crippen LogP contribution is -2.52. The first-order valence-electron chi connectivity index (χ1n) is 7.75. The molecular weight excluding hydrogens is 316 g/mol. The van der Waals surface area contributed by atoms with Gasteiger partial charge in [0.25, 0.3) is 0 Å². The van der Waals surface area contributed by atoms with E-state index in [1.54, 1.807) is 29.0 Å². The predicted octanol–water partition coefficient (Wildman–Crippen LogP) is 2.06. The van der Waals surface area contributed by atoms with Crippen LogP contribution < -0.4 is 0 Å². The van der Waals surface area contributed by atoms with Gasteiger partial charge in [-0.05, 0) is 30.5 Å². The van der Waals surface area contributed by atoms with Gasteiger partial charge in [-0.15, -0.1) is 0 Å². The smallest absolute Gasteiger partial charge is 0.225 e. The summed E-state index contributed by atoms with van der Waals surface area (Å²) in [4.78, 5) is 27.6. The molecule has 126 valence electrons. The second kappa shape index (κ2) is 7.32. The number of halogens is 1. The van der Waals surface area contributed by atoms with Crippen molar-refractivity contribution in [2.24, 2.45) is 0 Å². The number of likely N-dealkylation sites (tertiary alicyclic amines) is 1. The maximum atomic E-state index is 12.6. The number of benzene rings is 1. The molecule has 0 bridgehead atoms. The van der Waals surface area contributed by atoms with Gasteiger partial charge >= 0.3 is 0 Å². The number of rotatable bonds is 5. The van der Waals surface area contributed by atoms with E-state index < -0.39 is 5.54 Å². The van der Waals surface area contributed by atoms with Gasteiger partial charge in [0.15, 0.2) is 0 Å². The molecule has 1 N–H and O–H groups in total. The quantitative estimate of drug-likeness (QED) is 0.894. The summed E-state index contributed by atoms with van der Waals surface area (Å²) in [5, 5.41) is 10.5. The average Bonchev–Trinajstić information content (AvgIpc) is 2.93. The number of carbonyl (C=O) groups excluding carboxylic acids is 2. The Hall–Kier alpha value is -1.59. The summed E-state index contributed by atoms with van der Waals surface area (Å²) in [5.74, 6) is -0.174. The molecule has 1 saturated heterocycles. The summed E-state index contributed by atoms with van der Waals surface area (Å²) in [7, 11) is 1.73. The molecule has 6 heteroatoms. The van der Waals surface area contributed by atoms with E-state index in [-0.39, 0.29) is 24.8 Å². The Kier molecular flexibility index (Phi) is 5.65. The van der Waals surface area contributed by atoms with E-state index in [1.807, 2.05) is 12.1 Å². The lowest BCUT2D eigenvalue weighted by molar-refractivity contribution is -0.140. The zero-order chi connectivity index (χ0) is 17.0. The molecule has 1 aromatic carbocycles. The Bertz CT molecular complexity index is 576. The molecule has 5 nitrogen and oxygen atoms in total. The highest BCUT2D eigenvalue weighted by molar-refractivity contribution is 6.30. The summed E-state index contributed by atoms with van der Waals surface area (Å²) in [6, 6.07) is 7.34. The number of amides is 2. The number of hydrogen-bond acceptors (Lipinski definition) is 3. The van der Waals surface area contributed by atoms with E-state index in [9.17, 15) is 14.7 Å². The minimum absolute atomic E-state index is 0.0813. The highest BCUT2D eigenvalue weighted by Gasteiger charge is 2.44. The van der Waals surface area contributed by atoms with Crippen LogP contribution in [0.2, 0.25) is 5.02 Å². The highest BCUT2D eigenvalue weighted by Crippen LogP contribution is 2.33. The fourth-order valence-corrected chi connectivity index (χ4v) is 3.33. The molecule has 0 saturated carbocycles. The third-order valence-corrected chi connectivity index (χ3v) is 4.76. The molecule has 23 heavy (non-hydrogen) atoms. The number of aliphatic hydroxyl groups is 1. The SMILES string of the molecule is CC(=O)N1CCCC1(CO)CC(=O)N(C)Cc1ccc(Cl)cc1.